The lowest BCUT2D eigenvalue weighted by atomic mass is 10.2. The highest BCUT2D eigenvalue weighted by Crippen LogP contribution is 2.10. The molecule has 0 spiro atoms. The average molecular weight is 399 g/mol. The van der Waals surface area contributed by atoms with Crippen molar-refractivity contribution in [2.75, 3.05) is 13.2 Å². The van der Waals surface area contributed by atoms with Crippen LogP contribution in [-0.4, -0.2) is 45.5 Å². The lowest BCUT2D eigenvalue weighted by Gasteiger charge is -2.14. The maximum Gasteiger partial charge on any atom is 0.324 e. The molecule has 0 bridgehead atoms. The summed E-state index contributed by atoms with van der Waals surface area (Å²) in [6, 6.07) is 4.21. The van der Waals surface area contributed by atoms with E-state index in [1.165, 1.54) is 19.1 Å². The number of imide groups is 1. The molecule has 10 heteroatoms. The fraction of sp³-hybridized carbons (Fsp3) is 0.471. The Morgan fingerprint density at radius 2 is 1.78 bits per heavy atom. The van der Waals surface area contributed by atoms with Crippen molar-refractivity contribution in [1.82, 2.24) is 15.4 Å². The minimum atomic E-state index is -3.91. The molecule has 3 amide bonds. The summed E-state index contributed by atoms with van der Waals surface area (Å²) in [6.45, 7) is 4.80. The molecule has 27 heavy (non-hydrogen) atoms. The SMILES string of the molecule is CCCCNC(=O)NC(=O)COC(=O)[C@H](C)NS(=O)(=O)c1ccc(C)cc1. The minimum absolute atomic E-state index is 0.00856. The van der Waals surface area contributed by atoms with E-state index in [1.54, 1.807) is 12.1 Å². The first-order chi connectivity index (χ1) is 12.7. The van der Waals surface area contributed by atoms with Crippen molar-refractivity contribution >= 4 is 27.9 Å². The molecule has 1 rings (SSSR count). The molecule has 0 aliphatic rings. The summed E-state index contributed by atoms with van der Waals surface area (Å²) in [7, 11) is -3.91. The highest BCUT2D eigenvalue weighted by molar-refractivity contribution is 7.89. The number of carbonyl (C=O) groups excluding carboxylic acids is 3. The van der Waals surface area contributed by atoms with Crippen molar-refractivity contribution in [3.05, 3.63) is 29.8 Å². The van der Waals surface area contributed by atoms with E-state index in [0.717, 1.165) is 18.4 Å². The number of ether oxygens (including phenoxy) is 1. The van der Waals surface area contributed by atoms with Crippen LogP contribution in [0.2, 0.25) is 0 Å². The molecular weight excluding hydrogens is 374 g/mol. The van der Waals surface area contributed by atoms with Gasteiger partial charge in [0.2, 0.25) is 10.0 Å². The minimum Gasteiger partial charge on any atom is -0.454 e. The van der Waals surface area contributed by atoms with Crippen LogP contribution >= 0.6 is 0 Å². The molecule has 9 nitrogen and oxygen atoms in total. The Morgan fingerprint density at radius 3 is 2.37 bits per heavy atom. The van der Waals surface area contributed by atoms with Crippen LogP contribution in [-0.2, 0) is 24.3 Å². The quantitative estimate of drug-likeness (QED) is 0.416. The Balaban J connectivity index is 2.46. The number of aryl methyl sites for hydroxylation is 1. The predicted molar refractivity (Wildman–Crippen MR) is 98.4 cm³/mol. The molecule has 0 saturated heterocycles. The summed E-state index contributed by atoms with van der Waals surface area (Å²) in [4.78, 5) is 34.9. The number of esters is 1. The standard InChI is InChI=1S/C17H25N3O6S/c1-4-5-10-18-17(23)19-15(21)11-26-16(22)13(3)20-27(24,25)14-8-6-12(2)7-9-14/h6-9,13,20H,4-5,10-11H2,1-3H3,(H2,18,19,21,23)/t13-/m0/s1. The number of hydrogen-bond donors (Lipinski definition) is 3. The van der Waals surface area contributed by atoms with E-state index in [-0.39, 0.29) is 4.90 Å². The Kier molecular flexibility index (Phi) is 8.89. The van der Waals surface area contributed by atoms with Crippen molar-refractivity contribution in [2.24, 2.45) is 0 Å². The van der Waals surface area contributed by atoms with Gasteiger partial charge < -0.3 is 10.1 Å². The van der Waals surface area contributed by atoms with E-state index >= 15 is 0 Å². The normalized spacial score (nSPS) is 12.1. The number of benzene rings is 1. The smallest absolute Gasteiger partial charge is 0.324 e. The molecule has 1 atom stereocenters. The number of nitrogens with one attached hydrogen (secondary N) is 3. The van der Waals surface area contributed by atoms with Gasteiger partial charge in [0.15, 0.2) is 6.61 Å². The van der Waals surface area contributed by atoms with Gasteiger partial charge in [-0.05, 0) is 32.4 Å². The summed E-state index contributed by atoms with van der Waals surface area (Å²) in [5.74, 6) is -1.75. The molecule has 0 aromatic heterocycles. The molecule has 1 aromatic carbocycles. The predicted octanol–water partition coefficient (Wildman–Crippen LogP) is 0.831. The highest BCUT2D eigenvalue weighted by atomic mass is 32.2. The van der Waals surface area contributed by atoms with Crippen LogP contribution < -0.4 is 15.4 Å². The molecule has 0 fully saturated rings. The van der Waals surface area contributed by atoms with Gasteiger partial charge in [0.1, 0.15) is 6.04 Å². The first-order valence-electron chi connectivity index (χ1n) is 8.49. The molecule has 0 radical (unpaired) electrons. The molecule has 150 valence electrons. The lowest BCUT2D eigenvalue weighted by molar-refractivity contribution is -0.149. The maximum absolute atomic E-state index is 12.2. The van der Waals surface area contributed by atoms with E-state index in [2.05, 4.69) is 10.0 Å². The van der Waals surface area contributed by atoms with Gasteiger partial charge in [0, 0.05) is 6.54 Å². The molecular formula is C17H25N3O6S. The maximum atomic E-state index is 12.2. The third kappa shape index (κ3) is 8.18. The molecule has 0 aliphatic heterocycles. The van der Waals surface area contributed by atoms with Crippen molar-refractivity contribution in [1.29, 1.82) is 0 Å². The summed E-state index contributed by atoms with van der Waals surface area (Å²) >= 11 is 0. The van der Waals surface area contributed by atoms with Crippen molar-refractivity contribution in [3.8, 4) is 0 Å². The number of rotatable bonds is 9. The van der Waals surface area contributed by atoms with Crippen molar-refractivity contribution < 1.29 is 27.5 Å². The second-order valence-electron chi connectivity index (χ2n) is 5.92. The third-order valence-electron chi connectivity index (χ3n) is 3.43. The topological polar surface area (TPSA) is 131 Å². The van der Waals surface area contributed by atoms with Crippen LogP contribution in [0.5, 0.6) is 0 Å². The summed E-state index contributed by atoms with van der Waals surface area (Å²) < 4.78 is 31.3. The first kappa shape index (κ1) is 22.6. The number of unbranched alkanes of at least 4 members (excludes halogenated alkanes) is 1. The van der Waals surface area contributed by atoms with Crippen molar-refractivity contribution in [2.45, 2.75) is 44.6 Å². The van der Waals surface area contributed by atoms with Gasteiger partial charge in [-0.3, -0.25) is 14.9 Å². The van der Waals surface area contributed by atoms with E-state index in [0.29, 0.717) is 6.54 Å². The fourth-order valence-corrected chi connectivity index (χ4v) is 3.11. The number of sulfonamides is 1. The third-order valence-corrected chi connectivity index (χ3v) is 4.99. The largest absolute Gasteiger partial charge is 0.454 e. The van der Waals surface area contributed by atoms with Crippen LogP contribution in [0, 0.1) is 6.92 Å². The Labute approximate surface area is 158 Å². The summed E-state index contributed by atoms with van der Waals surface area (Å²) in [6.07, 6.45) is 1.66. The van der Waals surface area contributed by atoms with E-state index < -0.39 is 40.6 Å². The average Bonchev–Trinajstić information content (AvgIpc) is 2.59. The summed E-state index contributed by atoms with van der Waals surface area (Å²) in [5, 5.41) is 4.48. The zero-order chi connectivity index (χ0) is 20.4. The van der Waals surface area contributed by atoms with Gasteiger partial charge in [-0.2, -0.15) is 4.72 Å². The van der Waals surface area contributed by atoms with Gasteiger partial charge in [-0.25, -0.2) is 13.2 Å². The molecule has 0 saturated carbocycles. The second-order valence-corrected chi connectivity index (χ2v) is 7.64. The van der Waals surface area contributed by atoms with Gasteiger partial charge >= 0.3 is 12.0 Å². The van der Waals surface area contributed by atoms with Gasteiger partial charge in [-0.1, -0.05) is 31.0 Å². The molecule has 0 unspecified atom stereocenters. The Bertz CT molecular complexity index is 761. The number of hydrogen-bond acceptors (Lipinski definition) is 6. The molecule has 0 heterocycles. The monoisotopic (exact) mass is 399 g/mol. The van der Waals surface area contributed by atoms with Crippen LogP contribution in [0.25, 0.3) is 0 Å². The number of urea groups is 1. The van der Waals surface area contributed by atoms with E-state index in [9.17, 15) is 22.8 Å². The number of carbonyl (C=O) groups is 3. The molecule has 1 aromatic rings. The Morgan fingerprint density at radius 1 is 1.15 bits per heavy atom. The second kappa shape index (κ2) is 10.6. The Hall–Kier alpha value is -2.46. The van der Waals surface area contributed by atoms with E-state index in [4.69, 9.17) is 4.74 Å². The summed E-state index contributed by atoms with van der Waals surface area (Å²) in [5.41, 5.74) is 0.895. The molecule has 3 N–H and O–H groups in total. The van der Waals surface area contributed by atoms with Crippen molar-refractivity contribution in [3.63, 3.8) is 0 Å². The first-order valence-corrected chi connectivity index (χ1v) is 9.97. The van der Waals surface area contributed by atoms with Crippen LogP contribution in [0.3, 0.4) is 0 Å². The zero-order valence-corrected chi connectivity index (χ0v) is 16.4. The van der Waals surface area contributed by atoms with Crippen LogP contribution in [0.4, 0.5) is 4.79 Å². The fourth-order valence-electron chi connectivity index (χ4n) is 1.91. The highest BCUT2D eigenvalue weighted by Gasteiger charge is 2.23. The van der Waals surface area contributed by atoms with Crippen LogP contribution in [0.1, 0.15) is 32.3 Å². The lowest BCUT2D eigenvalue weighted by Crippen LogP contribution is -2.43. The zero-order valence-electron chi connectivity index (χ0n) is 15.6. The van der Waals surface area contributed by atoms with Gasteiger partial charge in [0.05, 0.1) is 4.90 Å². The molecule has 0 aliphatic carbocycles. The van der Waals surface area contributed by atoms with E-state index in [1.807, 2.05) is 19.2 Å². The van der Waals surface area contributed by atoms with Gasteiger partial charge in [0.25, 0.3) is 5.91 Å². The van der Waals surface area contributed by atoms with Crippen LogP contribution in [0.15, 0.2) is 29.2 Å². The van der Waals surface area contributed by atoms with Gasteiger partial charge in [-0.15, -0.1) is 0 Å². The number of amides is 3.